The molecule has 45 heavy (non-hydrogen) atoms. The number of nitrogens with zero attached hydrogens (tertiary/aromatic N) is 1. The first kappa shape index (κ1) is 35.0. The molecule has 248 valence electrons. The Hall–Kier alpha value is -2.85. The van der Waals surface area contributed by atoms with Gasteiger partial charge in [-0.05, 0) is 65.3 Å². The standard InChI is InChI=1S/C35H49ClN2O7/c1-19-13-12-14-27(42-11)35(41)18-26(43-23(5)37-35)22(4)31-34(9,45-31)28(44-32(40)33(6,7)8)17-29(39)38(10)25-16-24(21(19)3)15-20(2)30(25)36/h12-16,21-22,26-28,31,37,41H,5,17-18H2,1-4,6-11H3/b14-12+,19-13+/t21?,22-,26+,27-,28+,31+,34+,35+/m1/s1. The predicted molar refractivity (Wildman–Crippen MR) is 175 cm³/mol. The molecule has 4 bridgehead atoms. The Labute approximate surface area is 272 Å². The average Bonchev–Trinajstić information content (AvgIpc) is 3.65. The lowest BCUT2D eigenvalue weighted by atomic mass is 9.83. The normalized spacial score (nSPS) is 36.2. The number of esters is 1. The highest BCUT2D eigenvalue weighted by Gasteiger charge is 2.64. The van der Waals surface area contributed by atoms with Gasteiger partial charge in [-0.1, -0.05) is 55.3 Å². The van der Waals surface area contributed by atoms with Crippen LogP contribution in [-0.2, 0) is 28.5 Å². The van der Waals surface area contributed by atoms with Crippen LogP contribution in [0.2, 0.25) is 5.02 Å². The number of nitrogens with one attached hydrogen (secondary N) is 1. The van der Waals surface area contributed by atoms with Crippen LogP contribution in [0.5, 0.6) is 0 Å². The molecule has 2 N–H and O–H groups in total. The molecule has 3 aliphatic rings. The Bertz CT molecular complexity index is 1400. The van der Waals surface area contributed by atoms with Gasteiger partial charge in [0, 0.05) is 32.4 Å². The minimum absolute atomic E-state index is 0.00901. The van der Waals surface area contributed by atoms with Gasteiger partial charge in [0.05, 0.1) is 28.6 Å². The van der Waals surface area contributed by atoms with Crippen molar-refractivity contribution in [2.45, 2.75) is 110 Å². The molecule has 0 radical (unpaired) electrons. The second kappa shape index (κ2) is 12.7. The summed E-state index contributed by atoms with van der Waals surface area (Å²) in [4.78, 5) is 28.6. The zero-order valence-corrected chi connectivity index (χ0v) is 28.9. The van der Waals surface area contributed by atoms with Crippen LogP contribution in [0.25, 0.3) is 0 Å². The predicted octanol–water partition coefficient (Wildman–Crippen LogP) is 5.93. The van der Waals surface area contributed by atoms with E-state index in [0.29, 0.717) is 10.7 Å². The maximum Gasteiger partial charge on any atom is 0.311 e. The van der Waals surface area contributed by atoms with Gasteiger partial charge >= 0.3 is 5.97 Å². The van der Waals surface area contributed by atoms with Gasteiger partial charge in [0.1, 0.15) is 23.9 Å². The highest BCUT2D eigenvalue weighted by Crippen LogP contribution is 2.49. The van der Waals surface area contributed by atoms with Crippen molar-refractivity contribution in [1.29, 1.82) is 0 Å². The fourth-order valence-electron chi connectivity index (χ4n) is 6.17. The summed E-state index contributed by atoms with van der Waals surface area (Å²) in [5.74, 6) is -0.779. The van der Waals surface area contributed by atoms with Crippen molar-refractivity contribution in [3.63, 3.8) is 0 Å². The number of hydrogen-bond donors (Lipinski definition) is 2. The summed E-state index contributed by atoms with van der Waals surface area (Å²) >= 11 is 6.78. The van der Waals surface area contributed by atoms with Crippen molar-refractivity contribution >= 4 is 29.2 Å². The van der Waals surface area contributed by atoms with Crippen molar-refractivity contribution in [2.75, 3.05) is 19.1 Å². The molecule has 8 atom stereocenters. The summed E-state index contributed by atoms with van der Waals surface area (Å²) in [5, 5.41) is 15.3. The lowest BCUT2D eigenvalue weighted by molar-refractivity contribution is -0.163. The molecular weight excluding hydrogens is 596 g/mol. The summed E-state index contributed by atoms with van der Waals surface area (Å²) < 4.78 is 24.2. The maximum absolute atomic E-state index is 13.9. The van der Waals surface area contributed by atoms with E-state index in [1.54, 1.807) is 34.9 Å². The molecule has 9 nitrogen and oxygen atoms in total. The SMILES string of the molecule is C=C1N[C@]2(O)C[C@H](O1)[C@@H](C)[C@@H]1O[C@@]1(C)[C@@H](OC(=O)C(C)(C)C)CC(=O)N(C)c1cc(cc(C)c1Cl)C(C)/C(C)=C/C=C/[C@H]2OC. The number of carbonyl (C=O) groups is 2. The van der Waals surface area contributed by atoms with Crippen molar-refractivity contribution in [1.82, 2.24) is 5.32 Å². The van der Waals surface area contributed by atoms with E-state index in [9.17, 15) is 14.7 Å². The molecule has 2 saturated heterocycles. The van der Waals surface area contributed by atoms with Gasteiger partial charge in [-0.2, -0.15) is 0 Å². The van der Waals surface area contributed by atoms with Crippen LogP contribution in [0.15, 0.2) is 48.4 Å². The molecular formula is C35H49ClN2O7. The number of allylic oxidation sites excluding steroid dienone is 3. The van der Waals surface area contributed by atoms with E-state index < -0.39 is 47.1 Å². The molecule has 10 heteroatoms. The van der Waals surface area contributed by atoms with Gasteiger partial charge in [-0.15, -0.1) is 0 Å². The second-order valence-corrected chi connectivity index (χ2v) is 14.4. The maximum atomic E-state index is 13.9. The largest absolute Gasteiger partial charge is 0.476 e. The molecule has 1 amide bonds. The van der Waals surface area contributed by atoms with E-state index in [2.05, 4.69) is 18.8 Å². The van der Waals surface area contributed by atoms with Crippen LogP contribution in [0.1, 0.15) is 78.4 Å². The number of halogens is 1. The Balaban J connectivity index is 1.82. The molecule has 3 aliphatic heterocycles. The van der Waals surface area contributed by atoms with Gasteiger partial charge in [-0.25, -0.2) is 0 Å². The number of hydrogen-bond acceptors (Lipinski definition) is 8. The molecule has 1 unspecified atom stereocenters. The van der Waals surface area contributed by atoms with E-state index >= 15 is 0 Å². The quantitative estimate of drug-likeness (QED) is 0.301. The topological polar surface area (TPSA) is 110 Å². The number of carbonyl (C=O) groups excluding carboxylic acids is 2. The van der Waals surface area contributed by atoms with Crippen LogP contribution in [0.3, 0.4) is 0 Å². The third-order valence-corrected chi connectivity index (χ3v) is 10.0. The molecule has 0 aromatic heterocycles. The molecule has 0 saturated carbocycles. The van der Waals surface area contributed by atoms with Gasteiger partial charge in [0.15, 0.2) is 11.6 Å². The smallest absolute Gasteiger partial charge is 0.311 e. The van der Waals surface area contributed by atoms with Gasteiger partial charge < -0.3 is 34.3 Å². The monoisotopic (exact) mass is 644 g/mol. The molecule has 1 aromatic rings. The zero-order valence-electron chi connectivity index (χ0n) is 28.2. The molecule has 4 rings (SSSR count). The molecule has 2 fully saturated rings. The van der Waals surface area contributed by atoms with E-state index in [4.69, 9.17) is 30.5 Å². The number of benzene rings is 1. The first-order valence-electron chi connectivity index (χ1n) is 15.5. The Morgan fingerprint density at radius 1 is 1.24 bits per heavy atom. The number of amides is 1. The van der Waals surface area contributed by atoms with Crippen LogP contribution < -0.4 is 10.2 Å². The fraction of sp³-hybridized carbons (Fsp3) is 0.600. The van der Waals surface area contributed by atoms with E-state index in [1.165, 1.54) is 4.90 Å². The summed E-state index contributed by atoms with van der Waals surface area (Å²) in [6, 6.07) is 3.95. The van der Waals surface area contributed by atoms with Crippen LogP contribution >= 0.6 is 11.6 Å². The molecule has 0 spiro atoms. The number of epoxide rings is 1. The number of rotatable bonds is 2. The third-order valence-electron chi connectivity index (χ3n) is 9.52. The minimum atomic E-state index is -1.51. The number of aliphatic hydroxyl groups is 1. The second-order valence-electron chi connectivity index (χ2n) is 14.1. The minimum Gasteiger partial charge on any atom is -0.476 e. The van der Waals surface area contributed by atoms with Crippen LogP contribution in [0.4, 0.5) is 5.69 Å². The molecule has 0 aliphatic carbocycles. The molecule has 3 heterocycles. The van der Waals surface area contributed by atoms with E-state index in [1.807, 2.05) is 58.1 Å². The van der Waals surface area contributed by atoms with Crippen molar-refractivity contribution in [2.24, 2.45) is 11.3 Å². The Morgan fingerprint density at radius 2 is 1.91 bits per heavy atom. The van der Waals surface area contributed by atoms with Gasteiger partial charge in [0.2, 0.25) is 5.91 Å². The number of fused-ring (bicyclic) bond motifs is 5. The van der Waals surface area contributed by atoms with Crippen LogP contribution in [0, 0.1) is 18.3 Å². The van der Waals surface area contributed by atoms with Crippen molar-refractivity contribution in [3.8, 4) is 0 Å². The number of methoxy groups -OCH3 is 1. The number of ether oxygens (including phenoxy) is 4. The molecule has 1 aromatic carbocycles. The first-order chi connectivity index (χ1) is 20.8. The lowest BCUT2D eigenvalue weighted by Crippen LogP contribution is -2.60. The Morgan fingerprint density at radius 3 is 2.53 bits per heavy atom. The van der Waals surface area contributed by atoms with E-state index in [-0.39, 0.29) is 36.5 Å². The number of aryl methyl sites for hydroxylation is 1. The highest BCUT2D eigenvalue weighted by molar-refractivity contribution is 6.34. The number of anilines is 1. The zero-order chi connectivity index (χ0) is 33.6. The van der Waals surface area contributed by atoms with Crippen molar-refractivity contribution < 1.29 is 33.6 Å². The lowest BCUT2D eigenvalue weighted by Gasteiger charge is -2.44. The summed E-state index contributed by atoms with van der Waals surface area (Å²) in [6.45, 7) is 19.1. The van der Waals surface area contributed by atoms with Gasteiger partial charge in [-0.3, -0.25) is 9.59 Å². The van der Waals surface area contributed by atoms with Crippen LogP contribution in [-0.4, -0.2) is 66.9 Å². The van der Waals surface area contributed by atoms with Gasteiger partial charge in [0.25, 0.3) is 0 Å². The van der Waals surface area contributed by atoms with E-state index in [0.717, 1.165) is 16.7 Å². The first-order valence-corrected chi connectivity index (χ1v) is 15.9. The third kappa shape index (κ3) is 7.12. The Kier molecular flexibility index (Phi) is 9.91. The van der Waals surface area contributed by atoms with Crippen molar-refractivity contribution in [3.05, 3.63) is 64.5 Å². The average molecular weight is 645 g/mol. The highest BCUT2D eigenvalue weighted by atomic mass is 35.5. The summed E-state index contributed by atoms with van der Waals surface area (Å²) in [7, 11) is 3.23. The fourth-order valence-corrected chi connectivity index (χ4v) is 6.41. The summed E-state index contributed by atoms with van der Waals surface area (Å²) in [5.41, 5.74) is 0.171. The summed E-state index contributed by atoms with van der Waals surface area (Å²) in [6.07, 6.45) is 3.15.